The van der Waals surface area contributed by atoms with Crippen LogP contribution in [-0.2, 0) is 4.74 Å². The van der Waals surface area contributed by atoms with Crippen molar-refractivity contribution in [1.29, 1.82) is 5.26 Å². The molecule has 0 aromatic carbocycles. The van der Waals surface area contributed by atoms with Crippen molar-refractivity contribution in [2.75, 3.05) is 39.9 Å². The number of rotatable bonds is 7. The predicted octanol–water partition coefficient (Wildman–Crippen LogP) is 2.11. The van der Waals surface area contributed by atoms with Gasteiger partial charge in [-0.3, -0.25) is 0 Å². The van der Waals surface area contributed by atoms with E-state index in [4.69, 9.17) is 15.4 Å². The van der Waals surface area contributed by atoms with E-state index in [1.54, 1.807) is 0 Å². The van der Waals surface area contributed by atoms with Gasteiger partial charge >= 0.3 is 0 Å². The van der Waals surface area contributed by atoms with Crippen LogP contribution in [0.25, 0.3) is 5.41 Å². The van der Waals surface area contributed by atoms with Crippen molar-refractivity contribution in [3.8, 4) is 6.19 Å². The summed E-state index contributed by atoms with van der Waals surface area (Å²) < 4.78 is 6.51. The molecule has 0 amide bonds. The second-order valence-electron chi connectivity index (χ2n) is 3.89. The van der Waals surface area contributed by atoms with Crippen LogP contribution in [0.2, 0.25) is 0 Å². The third-order valence-corrected chi connectivity index (χ3v) is 2.61. The van der Waals surface area contributed by atoms with E-state index in [1.807, 2.05) is 0 Å². The molecular weight excluding hydrogens is 216 g/mol. The molecular formula is C12H24N4O. The Hall–Kier alpha value is -1.21. The minimum absolute atomic E-state index is 0.843. The lowest BCUT2D eigenvalue weighted by atomic mass is 10.3. The summed E-state index contributed by atoms with van der Waals surface area (Å²) in [5.41, 5.74) is 0. The minimum atomic E-state index is 0.843. The molecule has 17 heavy (non-hydrogen) atoms. The molecule has 0 saturated heterocycles. The van der Waals surface area contributed by atoms with E-state index < -0.39 is 0 Å². The fourth-order valence-corrected chi connectivity index (χ4v) is 1.42. The number of nitriles is 1. The molecule has 0 aromatic rings. The molecule has 5 heteroatoms. The molecule has 98 valence electrons. The number of nitrogens with zero attached hydrogens (tertiary/aromatic N) is 4. The van der Waals surface area contributed by atoms with Gasteiger partial charge in [0, 0.05) is 6.61 Å². The Kier molecular flexibility index (Phi) is 13.7. The third-order valence-electron chi connectivity index (χ3n) is 2.61. The molecule has 0 spiro atoms. The van der Waals surface area contributed by atoms with Gasteiger partial charge in [-0.1, -0.05) is 6.92 Å². The van der Waals surface area contributed by atoms with Gasteiger partial charge in [-0.05, 0) is 20.3 Å². The highest BCUT2D eigenvalue weighted by Crippen LogP contribution is 2.02. The van der Waals surface area contributed by atoms with Gasteiger partial charge in [-0.2, -0.15) is 5.26 Å². The molecule has 0 aliphatic rings. The SMILES string of the molecule is CCC[N+](C)(CC)CCOCC.N#CN=C=[N-]. The lowest BCUT2D eigenvalue weighted by Gasteiger charge is -2.32. The fourth-order valence-electron chi connectivity index (χ4n) is 1.42. The average Bonchev–Trinajstić information content (AvgIpc) is 2.32. The smallest absolute Gasteiger partial charge is 0.102 e. The molecule has 0 rings (SSSR count). The summed E-state index contributed by atoms with van der Waals surface area (Å²) in [5.74, 6) is 0. The van der Waals surface area contributed by atoms with Crippen molar-refractivity contribution in [2.45, 2.75) is 27.2 Å². The van der Waals surface area contributed by atoms with E-state index in [0.29, 0.717) is 0 Å². The summed E-state index contributed by atoms with van der Waals surface area (Å²) in [5, 5.41) is 14.9. The van der Waals surface area contributed by atoms with Gasteiger partial charge in [-0.25, -0.2) is 0 Å². The van der Waals surface area contributed by atoms with Crippen LogP contribution in [0.5, 0.6) is 0 Å². The molecule has 0 saturated carbocycles. The van der Waals surface area contributed by atoms with Crippen molar-refractivity contribution < 1.29 is 9.22 Å². The maximum absolute atomic E-state index is 7.43. The van der Waals surface area contributed by atoms with E-state index in [0.717, 1.165) is 24.2 Å². The third kappa shape index (κ3) is 12.7. The van der Waals surface area contributed by atoms with Crippen molar-refractivity contribution in [2.24, 2.45) is 4.99 Å². The highest BCUT2D eigenvalue weighted by molar-refractivity contribution is 5.46. The Morgan fingerprint density at radius 2 is 1.94 bits per heavy atom. The first-order valence-electron chi connectivity index (χ1n) is 5.99. The molecule has 0 aromatic heterocycles. The Morgan fingerprint density at radius 3 is 2.24 bits per heavy atom. The van der Waals surface area contributed by atoms with Crippen LogP contribution in [0.3, 0.4) is 0 Å². The van der Waals surface area contributed by atoms with Crippen molar-refractivity contribution in [3.05, 3.63) is 5.41 Å². The van der Waals surface area contributed by atoms with Crippen LogP contribution < -0.4 is 0 Å². The lowest BCUT2D eigenvalue weighted by molar-refractivity contribution is -0.908. The van der Waals surface area contributed by atoms with E-state index in [1.165, 1.54) is 31.7 Å². The highest BCUT2D eigenvalue weighted by Gasteiger charge is 2.16. The van der Waals surface area contributed by atoms with Crippen LogP contribution in [0.4, 0.5) is 0 Å². The Bertz CT molecular complexity index is 256. The van der Waals surface area contributed by atoms with Crippen LogP contribution in [0.15, 0.2) is 4.99 Å². The van der Waals surface area contributed by atoms with Gasteiger partial charge < -0.3 is 19.6 Å². The maximum atomic E-state index is 7.43. The standard InChI is InChI=1S/C10H24NO.C2N3/c1-5-8-11(4,6-2)9-10-12-7-3;3-1-5-2-4/h5-10H2,1-4H3;/q+1;-1. The topological polar surface area (TPSA) is 67.7 Å². The largest absolute Gasteiger partial charge is 0.422 e. The minimum Gasteiger partial charge on any atom is -0.422 e. The Balaban J connectivity index is 0. The number of quaternary nitrogens is 1. The number of hydrogen-bond acceptors (Lipinski definition) is 3. The highest BCUT2D eigenvalue weighted by atomic mass is 16.5. The Labute approximate surface area is 105 Å². The molecule has 5 nitrogen and oxygen atoms in total. The summed E-state index contributed by atoms with van der Waals surface area (Å²) in [6.07, 6.45) is 2.54. The first kappa shape index (κ1) is 18.2. The second kappa shape index (κ2) is 12.9. The lowest BCUT2D eigenvalue weighted by Crippen LogP contribution is -2.46. The number of ether oxygens (including phenoxy) is 1. The molecule has 0 N–H and O–H groups in total. The molecule has 0 bridgehead atoms. The van der Waals surface area contributed by atoms with E-state index in [9.17, 15) is 0 Å². The van der Waals surface area contributed by atoms with Gasteiger partial charge in [0.15, 0.2) is 0 Å². The summed E-state index contributed by atoms with van der Waals surface area (Å²) >= 11 is 0. The quantitative estimate of drug-likeness (QED) is 0.296. The van der Waals surface area contributed by atoms with E-state index >= 15 is 0 Å². The van der Waals surface area contributed by atoms with Crippen molar-refractivity contribution in [3.63, 3.8) is 0 Å². The molecule has 0 aliphatic carbocycles. The summed E-state index contributed by atoms with van der Waals surface area (Å²) in [6.45, 7) is 11.9. The summed E-state index contributed by atoms with van der Waals surface area (Å²) in [7, 11) is 2.31. The maximum Gasteiger partial charge on any atom is 0.102 e. The monoisotopic (exact) mass is 240 g/mol. The first-order chi connectivity index (χ1) is 8.10. The van der Waals surface area contributed by atoms with Gasteiger partial charge in [0.2, 0.25) is 0 Å². The fraction of sp³-hybridized carbons (Fsp3) is 0.833. The van der Waals surface area contributed by atoms with Gasteiger partial charge in [0.25, 0.3) is 0 Å². The van der Waals surface area contributed by atoms with Crippen LogP contribution in [0.1, 0.15) is 27.2 Å². The van der Waals surface area contributed by atoms with Crippen LogP contribution in [0, 0.1) is 11.5 Å². The van der Waals surface area contributed by atoms with Gasteiger partial charge in [-0.15, -0.1) is 6.01 Å². The second-order valence-corrected chi connectivity index (χ2v) is 3.89. The zero-order valence-corrected chi connectivity index (χ0v) is 11.4. The molecule has 1 unspecified atom stereocenters. The van der Waals surface area contributed by atoms with Crippen LogP contribution >= 0.6 is 0 Å². The number of hydrogen-bond donors (Lipinski definition) is 0. The summed E-state index contributed by atoms with van der Waals surface area (Å²) in [4.78, 5) is 2.58. The zero-order valence-electron chi connectivity index (χ0n) is 11.4. The van der Waals surface area contributed by atoms with E-state index in [-0.39, 0.29) is 0 Å². The van der Waals surface area contributed by atoms with Crippen LogP contribution in [-0.4, -0.2) is 50.4 Å². The Morgan fingerprint density at radius 1 is 1.29 bits per heavy atom. The number of likely N-dealkylation sites (N-methyl/N-ethyl adjacent to an activating group) is 1. The number of aliphatic imine (C=N–C) groups is 1. The zero-order chi connectivity index (χ0) is 13.6. The van der Waals surface area contributed by atoms with Gasteiger partial charge in [0.05, 0.1) is 32.9 Å². The molecule has 0 radical (unpaired) electrons. The normalized spacial score (nSPS) is 12.4. The molecule has 0 aliphatic heterocycles. The predicted molar refractivity (Wildman–Crippen MR) is 69.7 cm³/mol. The van der Waals surface area contributed by atoms with Crippen molar-refractivity contribution >= 4 is 6.01 Å². The van der Waals surface area contributed by atoms with Gasteiger partial charge in [0.1, 0.15) is 6.54 Å². The summed E-state index contributed by atoms with van der Waals surface area (Å²) in [6, 6.07) is 1.28. The molecule has 1 atom stereocenters. The molecule has 0 fully saturated rings. The molecule has 0 heterocycles. The first-order valence-corrected chi connectivity index (χ1v) is 5.99. The van der Waals surface area contributed by atoms with Crippen molar-refractivity contribution in [1.82, 2.24) is 0 Å². The average molecular weight is 240 g/mol. The van der Waals surface area contributed by atoms with E-state index in [2.05, 4.69) is 32.8 Å².